The molecule has 12 aromatic rings. The third-order valence-electron chi connectivity index (χ3n) is 16.7. The number of alkyl carbamates (subject to hydrolysis) is 6. The van der Waals surface area contributed by atoms with Gasteiger partial charge >= 0.3 is 36.6 Å². The summed E-state index contributed by atoms with van der Waals surface area (Å²) in [5.41, 5.74) is -5.65. The second-order valence-electron chi connectivity index (χ2n) is 26.5. The van der Waals surface area contributed by atoms with E-state index in [0.717, 1.165) is 23.0 Å². The van der Waals surface area contributed by atoms with Crippen molar-refractivity contribution in [2.45, 2.75) is 113 Å². The Balaban J connectivity index is 0.000000197. The van der Waals surface area contributed by atoms with E-state index in [1.807, 2.05) is 34.9 Å². The molecule has 12 heterocycles. The fourth-order valence-corrected chi connectivity index (χ4v) is 11.1. The average Bonchev–Trinajstić information content (AvgIpc) is 1.52. The summed E-state index contributed by atoms with van der Waals surface area (Å²) in [4.78, 5) is 83.4. The van der Waals surface area contributed by atoms with Crippen molar-refractivity contribution in [3.8, 4) is 0 Å². The van der Waals surface area contributed by atoms with E-state index in [-0.39, 0.29) is 75.4 Å². The molecule has 6 fully saturated rings. The molecule has 0 bridgehead atoms. The van der Waals surface area contributed by atoms with Crippen LogP contribution >= 0.6 is 0 Å². The van der Waals surface area contributed by atoms with Gasteiger partial charge < -0.3 is 120 Å². The largest absolute Gasteiger partial charge is 0.447 e. The summed E-state index contributed by atoms with van der Waals surface area (Å²) in [7, 11) is 8.51. The highest BCUT2D eigenvalue weighted by Gasteiger charge is 2.29. The Labute approximate surface area is 846 Å². The van der Waals surface area contributed by atoms with Crippen molar-refractivity contribution >= 4 is 102 Å². The lowest BCUT2D eigenvalue weighted by Gasteiger charge is -2.09. The molecule has 0 spiro atoms. The number of aromatic nitrogens is 6. The van der Waals surface area contributed by atoms with Gasteiger partial charge in [0.25, 0.3) is 0 Å². The van der Waals surface area contributed by atoms with Gasteiger partial charge in [-0.05, 0) is 300 Å². The van der Waals surface area contributed by atoms with Gasteiger partial charge in [-0.25, -0.2) is 28.8 Å². The number of benzene rings is 6. The molecule has 6 aliphatic heterocycles. The fourth-order valence-electron chi connectivity index (χ4n) is 11.1. The van der Waals surface area contributed by atoms with Crippen LogP contribution in [0.5, 0.6) is 0 Å². The Morgan fingerprint density at radius 1 is 0.349 bits per heavy atom. The van der Waals surface area contributed by atoms with Gasteiger partial charge in [0.1, 0.15) is 39.4 Å². The minimum absolute atomic E-state index is 0.0183. The minimum Gasteiger partial charge on any atom is -0.447 e. The number of nitrogens with zero attached hydrogens (tertiary/aromatic N) is 6. The number of rotatable bonds is 30. The zero-order valence-electron chi connectivity index (χ0n) is 144. The third-order valence-corrected chi connectivity index (χ3v) is 16.7. The maximum absolute atomic E-state index is 11.9. The van der Waals surface area contributed by atoms with Crippen LogP contribution in [0.25, 0.3) is 65.4 Å². The predicted molar refractivity (Wildman–Crippen MR) is 495 cm³/mol. The van der Waals surface area contributed by atoms with Gasteiger partial charge in [-0.2, -0.15) is 0 Å². The van der Waals surface area contributed by atoms with Crippen LogP contribution in [0.4, 0.5) is 28.8 Å². The van der Waals surface area contributed by atoms with Crippen LogP contribution in [0.15, 0.2) is 146 Å². The summed E-state index contributed by atoms with van der Waals surface area (Å²) in [5.74, 6) is 0. The number of nitrogens with one attached hydrogen (secondary N) is 12. The number of fused-ring (bicyclic) bond motifs is 6. The lowest BCUT2D eigenvalue weighted by Crippen LogP contribution is -2.28. The van der Waals surface area contributed by atoms with Crippen LogP contribution in [0.1, 0.15) is 165 Å². The van der Waals surface area contributed by atoms with E-state index >= 15 is 0 Å². The number of likely N-dealkylation sites (N-methyl/N-ethyl adjacent to an activating group) is 6. The summed E-state index contributed by atoms with van der Waals surface area (Å²) in [6.07, 6.45) is -35.4. The second kappa shape index (κ2) is 43.7. The van der Waals surface area contributed by atoms with Crippen LogP contribution in [-0.4, -0.2) is 295 Å². The van der Waals surface area contributed by atoms with E-state index in [4.69, 9.17) is 107 Å². The van der Waals surface area contributed by atoms with Crippen LogP contribution < -0.4 is 31.9 Å². The number of carbonyl (C=O) groups is 6. The summed E-state index contributed by atoms with van der Waals surface area (Å²) in [6.45, 7) is -47.8. The Kier molecular flexibility index (Phi) is 12.1. The Morgan fingerprint density at radius 3 is 0.952 bits per heavy atom. The maximum Gasteiger partial charge on any atom is 0.407 e. The first-order chi connectivity index (χ1) is 91.2. The van der Waals surface area contributed by atoms with Gasteiger partial charge in [0, 0.05) is 199 Å². The lowest BCUT2D eigenvalue weighted by atomic mass is 10.0. The first-order valence-corrected chi connectivity index (χ1v) is 36.5. The summed E-state index contributed by atoms with van der Waals surface area (Å²) in [5, 5.41) is 3.34. The van der Waals surface area contributed by atoms with Gasteiger partial charge in [-0.3, -0.25) is 0 Å². The standard InChI is InChI=1S/6C16H21N3O2/c6*1-19(2)6-5-12-9-17-15-4-3-11(8-14(12)15)7-13-10-21-16(20)18-13/h6*3-4,8-9,13,17H,5-7,10H2,1-2H3,(H,18,20)/t6*13-/m000000/s1/i1D3,2D3,3D,4D,5D2,6D2,7D2,8D,10D2,13D;1D3,3D,4D,5D2,6D2,7D2,8D,10D2,13D;3D,4D,5D2,6D2,7D2,8D,10D2,13D;1D3,2D3,7D2,9D,10D2,13D;1D3,7D2,9D,10D2,13D;7D2,9D,10D2,13D/hD6. The second-order valence-corrected chi connectivity index (χ2v) is 26.5. The molecule has 30 heteroatoms. The Morgan fingerprint density at radius 2 is 0.651 bits per heavy atom. The van der Waals surface area contributed by atoms with E-state index in [1.165, 1.54) is 69.7 Å². The van der Waals surface area contributed by atoms with Crippen LogP contribution in [0.3, 0.4) is 0 Å². The van der Waals surface area contributed by atoms with Crippen LogP contribution in [0, 0.1) is 0 Å². The number of hydrogen-bond donors (Lipinski definition) is 12. The first-order valence-electron chi connectivity index (χ1n) is 75.2. The molecule has 18 rings (SSSR count). The summed E-state index contributed by atoms with van der Waals surface area (Å²) < 4.78 is 654. The maximum atomic E-state index is 11.9. The van der Waals surface area contributed by atoms with E-state index in [2.05, 4.69) is 43.4 Å². The topological polar surface area (TPSA) is 344 Å². The minimum atomic E-state index is -3.97. The van der Waals surface area contributed by atoms with Crippen molar-refractivity contribution in [2.24, 2.45) is 0 Å². The molecule has 672 valence electrons. The number of aryl methyl sites for hydroxylation is 3. The van der Waals surface area contributed by atoms with Gasteiger partial charge in [0.05, 0.1) is 77.2 Å². The average molecular weight is 1800 g/mol. The van der Waals surface area contributed by atoms with Gasteiger partial charge in [0.15, 0.2) is 8.47 Å². The molecule has 6 saturated heterocycles. The number of ether oxygens (including phenoxy) is 6. The zero-order valence-corrected chi connectivity index (χ0v) is 66.4. The molecule has 126 heavy (non-hydrogen) atoms. The molecule has 6 amide bonds. The van der Waals surface area contributed by atoms with Crippen molar-refractivity contribution in [3.05, 3.63) is 213 Å². The molecule has 0 saturated carbocycles. The van der Waals surface area contributed by atoms with Crippen molar-refractivity contribution in [2.75, 3.05) is 163 Å². The van der Waals surface area contributed by atoms with Gasteiger partial charge in [-0.15, -0.1) is 0 Å². The molecule has 30 nitrogen and oxygen atoms in total. The third kappa shape index (κ3) is 26.5. The number of aromatic amines is 6. The monoisotopic (exact) mass is 1800 g/mol. The first kappa shape index (κ1) is 34.9. The van der Waals surface area contributed by atoms with Gasteiger partial charge in [-0.1, -0.05) is 36.3 Å². The molecule has 0 radical (unpaired) electrons. The molecule has 12 N–H and O–H groups in total. The molecular weight excluding hydrogens is 1600 g/mol. The predicted octanol–water partition coefficient (Wildman–Crippen LogP) is 11.5. The molecule has 6 atom stereocenters. The highest BCUT2D eigenvalue weighted by molar-refractivity contribution is 5.88. The number of H-pyrrole nitrogens is 6. The summed E-state index contributed by atoms with van der Waals surface area (Å²) >= 11 is 0. The number of cyclic esters (lactones) is 6. The van der Waals surface area contributed by atoms with Crippen LogP contribution in [0.2, 0.25) is 8.47 Å². The van der Waals surface area contributed by atoms with E-state index in [0.29, 0.717) is 78.7 Å². The summed E-state index contributed by atoms with van der Waals surface area (Å²) in [6, 6.07) is -16.3. The Hall–Kier alpha value is -12.1. The molecule has 0 aliphatic carbocycles. The molecule has 6 aromatic heterocycles. The normalized spacial score (nSPS) is 35.4. The van der Waals surface area contributed by atoms with Crippen molar-refractivity contribution in [3.63, 3.8) is 0 Å². The number of amides is 6. The quantitative estimate of drug-likeness (QED) is 0.0186. The van der Waals surface area contributed by atoms with Crippen molar-refractivity contribution in [1.29, 1.82) is 0 Å². The zero-order chi connectivity index (χ0) is 157. The van der Waals surface area contributed by atoms with Crippen molar-refractivity contribution in [1.82, 2.24) is 91.2 Å². The molecule has 6 aliphatic rings. The number of hydrogen-bond acceptors (Lipinski definition) is 18. The van der Waals surface area contributed by atoms with Crippen LogP contribution in [-0.2, 0) is 105 Å². The number of carbonyl (C=O) groups excluding carboxylic acids is 6. The van der Waals surface area contributed by atoms with E-state index in [1.54, 1.807) is 6.07 Å². The highest BCUT2D eigenvalue weighted by atomic mass is 16.6. The SMILES string of the molecule is [2H]c1[nH]c2ccc(C([2H])([2H])[C@]3([2H])NC(=O)OC3([2H])[2H])cc2c1CCN(C([2H])([2H])[2H])C([2H])([2H])[2H].[2H]c1[nH]c2ccc(C([2H])([2H])[C@]3([2H])NC(=O)OC3([2H])[2H])cc2c1CCN(C)C.[2H]c1[nH]c2ccc(C([2H])([2H])[C@]3([2H])NC(=O)OC3([2H])[2H])cc2c1CCN(C)C([2H])([2H])[2H].[2H]c1c(C([2H])([2H])[C@]2([2H])N([2H])C(=O)OC2([2H])[2H])c([2H])c2c(C([2H])([2H])C([2H])([2H])N(C([2H])([2H])[2H])C([2H])([2H])[2H])cn([2H])c2c1[2H].[2H]c1c(C([2H])([2H])[C@]2([2H])N([2H])C(=O)OC2([2H])[2H])c([2H])c2c(C([2H])([2H])C([2H])([2H])N(C)C([2H])([2H])[2H])cn([2H])c2c1[2H].[2H]c1c(C([2H])([2H])[C@]2([2H])N([2H])C(=O)OC2([2H])[2H])c([2H])c2c(C([2H])([2H])C([2H])([2H])N(C)C)cn([2H])c2c1[2H]. The Bertz CT molecular complexity index is 9660. The van der Waals surface area contributed by atoms with E-state index in [9.17, 15) is 28.8 Å². The van der Waals surface area contributed by atoms with Crippen molar-refractivity contribution < 1.29 is 164 Å². The molecule has 6 aromatic carbocycles. The van der Waals surface area contributed by atoms with Gasteiger partial charge in [0.2, 0.25) is 0 Å². The lowest BCUT2D eigenvalue weighted by molar-refractivity contribution is 0.176. The van der Waals surface area contributed by atoms with E-state index < -0.39 is 379 Å². The highest BCUT2D eigenvalue weighted by Crippen LogP contribution is 2.29. The smallest absolute Gasteiger partial charge is 0.407 e. The molecule has 0 unspecified atom stereocenters. The molecular formula is C96H126N18O12. The fraction of sp³-hybridized carbons (Fsp3) is 0.438.